The molecule has 11 heavy (non-hydrogen) atoms. The van der Waals surface area contributed by atoms with E-state index in [1.165, 1.54) is 0 Å². The second-order valence-corrected chi connectivity index (χ2v) is 3.11. The summed E-state index contributed by atoms with van der Waals surface area (Å²) < 4.78 is 10.7. The molecule has 0 N–H and O–H groups in total. The van der Waals surface area contributed by atoms with E-state index in [1.54, 1.807) is 0 Å². The minimum atomic E-state index is -0.111. The predicted octanol–water partition coefficient (Wildman–Crippen LogP) is 0.889. The van der Waals surface area contributed by atoms with Crippen LogP contribution in [0, 0.1) is 0 Å². The summed E-state index contributed by atoms with van der Waals surface area (Å²) in [4.78, 5) is 10.1. The van der Waals surface area contributed by atoms with Gasteiger partial charge in [0.25, 0.3) is 0 Å². The van der Waals surface area contributed by atoms with E-state index in [2.05, 4.69) is 0 Å². The zero-order valence-corrected chi connectivity index (χ0v) is 6.95. The number of rotatable bonds is 3. The molecule has 1 fully saturated rings. The van der Waals surface area contributed by atoms with Crippen molar-refractivity contribution in [1.82, 2.24) is 0 Å². The highest BCUT2D eigenvalue weighted by molar-refractivity contribution is 6.46. The average Bonchev–Trinajstić information content (AvgIpc) is 2.37. The lowest BCUT2D eigenvalue weighted by Crippen LogP contribution is -2.20. The largest absolute Gasteiger partial charge is 0.459 e. The van der Waals surface area contributed by atoms with Crippen LogP contribution in [0.4, 0.5) is 0 Å². The first-order chi connectivity index (χ1) is 5.24. The Hall–Kier alpha value is -0.345. The maximum atomic E-state index is 10.1. The lowest BCUT2D eigenvalue weighted by molar-refractivity contribution is -0.109. The third-order valence-electron chi connectivity index (χ3n) is 1.68. The fourth-order valence-electron chi connectivity index (χ4n) is 1.05. The Labute approximate surface area is 67.2 Å². The summed E-state index contributed by atoms with van der Waals surface area (Å²) in [5, 5.41) is 0. The monoisotopic (exact) mass is 156 g/mol. The van der Waals surface area contributed by atoms with E-state index in [4.69, 9.17) is 9.31 Å². The minimum Gasteiger partial charge on any atom is -0.408 e. The summed E-state index contributed by atoms with van der Waals surface area (Å²) in [7, 11) is -0.111. The van der Waals surface area contributed by atoms with Gasteiger partial charge in [0.2, 0.25) is 0 Å². The van der Waals surface area contributed by atoms with Crippen LogP contribution < -0.4 is 0 Å². The van der Waals surface area contributed by atoms with Crippen molar-refractivity contribution >= 4 is 13.4 Å². The molecule has 0 aromatic carbocycles. The van der Waals surface area contributed by atoms with Gasteiger partial charge in [0.05, 0.1) is 12.7 Å². The molecule has 1 saturated heterocycles. The van der Waals surface area contributed by atoms with Crippen molar-refractivity contribution in [1.29, 1.82) is 0 Å². The molecule has 1 rings (SSSR count). The maximum absolute atomic E-state index is 10.1. The highest BCUT2D eigenvalue weighted by Gasteiger charge is 2.33. The Bertz CT molecular complexity index is 138. The van der Waals surface area contributed by atoms with E-state index in [0.717, 1.165) is 6.29 Å². The summed E-state index contributed by atoms with van der Waals surface area (Å²) in [6.07, 6.45) is 1.31. The second kappa shape index (κ2) is 3.88. The summed E-state index contributed by atoms with van der Waals surface area (Å²) in [6.45, 7) is 4.63. The Balaban J connectivity index is 2.28. The molecule has 62 valence electrons. The Morgan fingerprint density at radius 1 is 1.73 bits per heavy atom. The molecule has 0 spiro atoms. The third-order valence-corrected chi connectivity index (χ3v) is 1.68. The molecule has 0 radical (unpaired) electrons. The number of hydrogen-bond donors (Lipinski definition) is 0. The van der Waals surface area contributed by atoms with Gasteiger partial charge in [0, 0.05) is 6.42 Å². The Morgan fingerprint density at radius 3 is 2.91 bits per heavy atom. The van der Waals surface area contributed by atoms with Crippen LogP contribution in [0.15, 0.2) is 0 Å². The van der Waals surface area contributed by atoms with E-state index in [-0.39, 0.29) is 13.2 Å². The van der Waals surface area contributed by atoms with Gasteiger partial charge in [-0.05, 0) is 5.82 Å². The molecular weight excluding hydrogens is 143 g/mol. The predicted molar refractivity (Wildman–Crippen MR) is 42.4 cm³/mol. The Kier molecular flexibility index (Phi) is 3.08. The molecule has 0 aromatic heterocycles. The van der Waals surface area contributed by atoms with Crippen LogP contribution in [-0.2, 0) is 14.1 Å². The van der Waals surface area contributed by atoms with Gasteiger partial charge in [-0.25, -0.2) is 0 Å². The average molecular weight is 156 g/mol. The van der Waals surface area contributed by atoms with Crippen molar-refractivity contribution in [2.75, 3.05) is 6.61 Å². The normalized spacial score (nSPS) is 24.6. The molecule has 1 unspecified atom stereocenters. The number of carbonyl (C=O) groups is 1. The fourth-order valence-corrected chi connectivity index (χ4v) is 1.05. The van der Waals surface area contributed by atoms with Crippen molar-refractivity contribution < 1.29 is 14.1 Å². The lowest BCUT2D eigenvalue weighted by atomic mass is 9.75. The maximum Gasteiger partial charge on any atom is 0.459 e. The molecule has 1 aliphatic rings. The van der Waals surface area contributed by atoms with E-state index in [1.807, 2.05) is 13.8 Å². The summed E-state index contributed by atoms with van der Waals surface area (Å²) in [5.74, 6) is 0.367. The molecule has 1 heterocycles. The van der Waals surface area contributed by atoms with Gasteiger partial charge in [0.1, 0.15) is 6.29 Å². The quantitative estimate of drug-likeness (QED) is 0.449. The van der Waals surface area contributed by atoms with Gasteiger partial charge < -0.3 is 14.1 Å². The van der Waals surface area contributed by atoms with E-state index < -0.39 is 0 Å². The van der Waals surface area contributed by atoms with Gasteiger partial charge >= 0.3 is 7.12 Å². The zero-order chi connectivity index (χ0) is 8.27. The van der Waals surface area contributed by atoms with Crippen LogP contribution in [0.1, 0.15) is 20.3 Å². The van der Waals surface area contributed by atoms with Gasteiger partial charge in [0.15, 0.2) is 0 Å². The first-order valence-electron chi connectivity index (χ1n) is 3.94. The van der Waals surface area contributed by atoms with Crippen LogP contribution in [0.5, 0.6) is 0 Å². The van der Waals surface area contributed by atoms with Crippen molar-refractivity contribution in [2.45, 2.75) is 32.2 Å². The number of hydrogen-bond acceptors (Lipinski definition) is 3. The molecule has 0 saturated carbocycles. The molecule has 1 aliphatic heterocycles. The van der Waals surface area contributed by atoms with E-state index >= 15 is 0 Å². The minimum absolute atomic E-state index is 0.0140. The van der Waals surface area contributed by atoms with Gasteiger partial charge in [-0.1, -0.05) is 13.8 Å². The molecular formula is C7H13BO3. The standard InChI is InChI=1S/C7H13BO3/c1-6(2)8-10-5-7(11-8)3-4-9/h4,6-7H,3,5H2,1-2H3. The highest BCUT2D eigenvalue weighted by Crippen LogP contribution is 2.19. The van der Waals surface area contributed by atoms with Crippen molar-refractivity contribution in [2.24, 2.45) is 0 Å². The number of carbonyl (C=O) groups excluding carboxylic acids is 1. The first kappa shape index (κ1) is 8.75. The second-order valence-electron chi connectivity index (χ2n) is 3.11. The molecule has 0 bridgehead atoms. The zero-order valence-electron chi connectivity index (χ0n) is 6.95. The molecule has 4 heteroatoms. The summed E-state index contributed by atoms with van der Waals surface area (Å²) in [5.41, 5.74) is 0. The molecule has 0 amide bonds. The Morgan fingerprint density at radius 2 is 2.45 bits per heavy atom. The lowest BCUT2D eigenvalue weighted by Gasteiger charge is -2.07. The van der Waals surface area contributed by atoms with Crippen LogP contribution >= 0.6 is 0 Å². The van der Waals surface area contributed by atoms with E-state index in [0.29, 0.717) is 18.8 Å². The molecule has 1 atom stereocenters. The molecule has 3 nitrogen and oxygen atoms in total. The summed E-state index contributed by atoms with van der Waals surface area (Å²) >= 11 is 0. The molecule has 0 aromatic rings. The van der Waals surface area contributed by atoms with Gasteiger partial charge in [-0.15, -0.1) is 0 Å². The van der Waals surface area contributed by atoms with Gasteiger partial charge in [-0.2, -0.15) is 0 Å². The van der Waals surface area contributed by atoms with Crippen molar-refractivity contribution in [3.8, 4) is 0 Å². The van der Waals surface area contributed by atoms with Crippen molar-refractivity contribution in [3.63, 3.8) is 0 Å². The smallest absolute Gasteiger partial charge is 0.408 e. The van der Waals surface area contributed by atoms with E-state index in [9.17, 15) is 4.79 Å². The van der Waals surface area contributed by atoms with Crippen molar-refractivity contribution in [3.05, 3.63) is 0 Å². The van der Waals surface area contributed by atoms with Crippen LogP contribution in [0.25, 0.3) is 0 Å². The number of aldehydes is 1. The van der Waals surface area contributed by atoms with Crippen LogP contribution in [0.2, 0.25) is 5.82 Å². The molecule has 0 aliphatic carbocycles. The highest BCUT2D eigenvalue weighted by atomic mass is 16.6. The topological polar surface area (TPSA) is 35.5 Å². The SMILES string of the molecule is CC(C)B1OCC(CC=O)O1. The summed E-state index contributed by atoms with van der Waals surface area (Å²) in [6, 6.07) is 0. The van der Waals surface area contributed by atoms with Crippen LogP contribution in [0.3, 0.4) is 0 Å². The fraction of sp³-hybridized carbons (Fsp3) is 0.857. The van der Waals surface area contributed by atoms with Crippen LogP contribution in [-0.4, -0.2) is 26.1 Å². The first-order valence-corrected chi connectivity index (χ1v) is 3.94. The third kappa shape index (κ3) is 2.31. The van der Waals surface area contributed by atoms with Gasteiger partial charge in [-0.3, -0.25) is 0 Å².